The van der Waals surface area contributed by atoms with Crippen LogP contribution in [0.4, 0.5) is 5.82 Å². The molecule has 1 aliphatic heterocycles. The first-order chi connectivity index (χ1) is 12.0. The van der Waals surface area contributed by atoms with Gasteiger partial charge >= 0.3 is 0 Å². The summed E-state index contributed by atoms with van der Waals surface area (Å²) >= 11 is 0. The van der Waals surface area contributed by atoms with E-state index >= 15 is 0 Å². The molecule has 2 heterocycles. The van der Waals surface area contributed by atoms with Crippen molar-refractivity contribution in [3.05, 3.63) is 30.0 Å². The number of hydrogen-bond donors (Lipinski definition) is 0. The summed E-state index contributed by atoms with van der Waals surface area (Å²) in [6.07, 6.45) is 3.29. The predicted octanol–water partition coefficient (Wildman–Crippen LogP) is 2.33. The van der Waals surface area contributed by atoms with Crippen molar-refractivity contribution in [1.29, 1.82) is 0 Å². The van der Waals surface area contributed by atoms with Crippen molar-refractivity contribution in [2.75, 3.05) is 25.0 Å². The number of nitrogens with zero attached hydrogens (tertiary/aromatic N) is 4. The van der Waals surface area contributed by atoms with Crippen LogP contribution >= 0.6 is 0 Å². The number of benzene rings is 1. The molecule has 25 heavy (non-hydrogen) atoms. The number of rotatable bonds is 4. The summed E-state index contributed by atoms with van der Waals surface area (Å²) in [6.45, 7) is 3.61. The van der Waals surface area contributed by atoms with Crippen LogP contribution in [0.25, 0.3) is 11.0 Å². The number of aromatic nitrogens is 2. The molecule has 2 aliphatic rings. The molecule has 134 valence electrons. The number of aryl methyl sites for hydroxylation is 1. The van der Waals surface area contributed by atoms with Crippen LogP contribution < -0.4 is 4.90 Å². The lowest BCUT2D eigenvalue weighted by atomic mass is 10.1. The molecule has 1 aromatic heterocycles. The summed E-state index contributed by atoms with van der Waals surface area (Å²) in [5, 5.41) is -0.135. The Morgan fingerprint density at radius 3 is 2.24 bits per heavy atom. The molecule has 7 heteroatoms. The van der Waals surface area contributed by atoms with Gasteiger partial charge in [0.1, 0.15) is 0 Å². The zero-order chi connectivity index (χ0) is 17.6. The third-order valence-electron chi connectivity index (χ3n) is 5.35. The van der Waals surface area contributed by atoms with Gasteiger partial charge in [0.15, 0.2) is 5.82 Å². The van der Waals surface area contributed by atoms with Crippen LogP contribution in [0.3, 0.4) is 0 Å². The molecule has 1 saturated carbocycles. The highest BCUT2D eigenvalue weighted by Gasteiger charge is 2.41. The highest BCUT2D eigenvalue weighted by Crippen LogP contribution is 2.33. The summed E-state index contributed by atoms with van der Waals surface area (Å²) in [6, 6.07) is 7.99. The average molecular weight is 360 g/mol. The highest BCUT2D eigenvalue weighted by molar-refractivity contribution is 7.90. The van der Waals surface area contributed by atoms with Gasteiger partial charge in [0.2, 0.25) is 10.0 Å². The van der Waals surface area contributed by atoms with Crippen molar-refractivity contribution >= 4 is 26.9 Å². The van der Waals surface area contributed by atoms with Gasteiger partial charge in [-0.25, -0.2) is 22.7 Å². The first kappa shape index (κ1) is 16.7. The van der Waals surface area contributed by atoms with Gasteiger partial charge in [0, 0.05) is 26.2 Å². The molecule has 0 atom stereocenters. The van der Waals surface area contributed by atoms with E-state index in [0.29, 0.717) is 0 Å². The van der Waals surface area contributed by atoms with E-state index in [1.54, 1.807) is 11.4 Å². The molecule has 2 fully saturated rings. The minimum absolute atomic E-state index is 0.0931. The second-order valence-electron chi connectivity index (χ2n) is 7.10. The molecule has 0 bridgehead atoms. The lowest BCUT2D eigenvalue weighted by Gasteiger charge is -2.37. The lowest BCUT2D eigenvalue weighted by molar-refractivity contribution is 0.311. The van der Waals surface area contributed by atoms with Gasteiger partial charge in [-0.3, -0.25) is 0 Å². The number of piperidine rings is 1. The highest BCUT2D eigenvalue weighted by atomic mass is 32.2. The van der Waals surface area contributed by atoms with Gasteiger partial charge in [-0.05, 0) is 44.7 Å². The Morgan fingerprint density at radius 1 is 1.04 bits per heavy atom. The van der Waals surface area contributed by atoms with Crippen LogP contribution in [-0.4, -0.2) is 54.1 Å². The molecule has 0 N–H and O–H groups in total. The Hall–Kier alpha value is -1.73. The van der Waals surface area contributed by atoms with E-state index in [1.807, 2.05) is 31.2 Å². The van der Waals surface area contributed by atoms with E-state index in [0.717, 1.165) is 61.3 Å². The van der Waals surface area contributed by atoms with Gasteiger partial charge in [0.05, 0.1) is 22.0 Å². The Balaban J connectivity index is 1.49. The van der Waals surface area contributed by atoms with Crippen LogP contribution in [-0.2, 0) is 10.0 Å². The van der Waals surface area contributed by atoms with Crippen molar-refractivity contribution in [2.45, 2.75) is 43.9 Å². The van der Waals surface area contributed by atoms with Gasteiger partial charge in [-0.2, -0.15) is 0 Å². The first-order valence-corrected chi connectivity index (χ1v) is 10.4. The smallest absolute Gasteiger partial charge is 0.216 e. The zero-order valence-electron chi connectivity index (χ0n) is 14.7. The number of sulfonamides is 1. The number of hydrogen-bond acceptors (Lipinski definition) is 5. The normalized spacial score (nSPS) is 19.7. The van der Waals surface area contributed by atoms with Gasteiger partial charge in [0.25, 0.3) is 0 Å². The quantitative estimate of drug-likeness (QED) is 0.837. The number of para-hydroxylation sites is 2. The van der Waals surface area contributed by atoms with E-state index in [-0.39, 0.29) is 11.3 Å². The van der Waals surface area contributed by atoms with E-state index in [9.17, 15) is 8.42 Å². The third-order valence-corrected chi connectivity index (χ3v) is 7.76. The van der Waals surface area contributed by atoms with Crippen molar-refractivity contribution in [2.24, 2.45) is 0 Å². The fourth-order valence-corrected chi connectivity index (χ4v) is 5.46. The Morgan fingerprint density at radius 2 is 1.64 bits per heavy atom. The minimum Gasteiger partial charge on any atom is -0.355 e. The number of anilines is 1. The summed E-state index contributed by atoms with van der Waals surface area (Å²) in [5.41, 5.74) is 2.74. The van der Waals surface area contributed by atoms with Crippen molar-refractivity contribution in [3.8, 4) is 0 Å². The zero-order valence-corrected chi connectivity index (χ0v) is 15.5. The minimum atomic E-state index is -3.10. The second kappa shape index (κ2) is 6.21. The maximum absolute atomic E-state index is 12.4. The fraction of sp³-hybridized carbons (Fsp3) is 0.556. The largest absolute Gasteiger partial charge is 0.355 e. The average Bonchev–Trinajstić information content (AvgIpc) is 3.46. The third kappa shape index (κ3) is 3.11. The van der Waals surface area contributed by atoms with Gasteiger partial charge in [-0.15, -0.1) is 0 Å². The summed E-state index contributed by atoms with van der Waals surface area (Å²) in [7, 11) is -1.35. The maximum atomic E-state index is 12.4. The van der Waals surface area contributed by atoms with Crippen LogP contribution in [0.2, 0.25) is 0 Å². The Bertz CT molecular complexity index is 887. The van der Waals surface area contributed by atoms with Crippen LogP contribution in [0.5, 0.6) is 0 Å². The van der Waals surface area contributed by atoms with E-state index in [4.69, 9.17) is 4.98 Å². The number of fused-ring (bicyclic) bond motifs is 1. The molecule has 2 aromatic rings. The molecule has 1 saturated heterocycles. The topological polar surface area (TPSA) is 66.4 Å². The summed E-state index contributed by atoms with van der Waals surface area (Å²) in [5.74, 6) is 0.921. The summed E-state index contributed by atoms with van der Waals surface area (Å²) in [4.78, 5) is 11.7. The lowest BCUT2D eigenvalue weighted by Crippen LogP contribution is -2.46. The molecule has 1 aromatic carbocycles. The van der Waals surface area contributed by atoms with Crippen molar-refractivity contribution < 1.29 is 8.42 Å². The molecule has 0 radical (unpaired) electrons. The Labute approximate surface area is 148 Å². The van der Waals surface area contributed by atoms with Crippen LogP contribution in [0.1, 0.15) is 31.4 Å². The molecule has 0 spiro atoms. The van der Waals surface area contributed by atoms with Crippen LogP contribution in [0, 0.1) is 6.92 Å². The first-order valence-electron chi connectivity index (χ1n) is 8.92. The molecule has 0 unspecified atom stereocenters. The molecule has 0 amide bonds. The molecule has 1 aliphatic carbocycles. The maximum Gasteiger partial charge on any atom is 0.216 e. The Kier molecular flexibility index (Phi) is 4.16. The monoisotopic (exact) mass is 360 g/mol. The van der Waals surface area contributed by atoms with Gasteiger partial charge in [-0.1, -0.05) is 12.1 Å². The van der Waals surface area contributed by atoms with Crippen molar-refractivity contribution in [3.63, 3.8) is 0 Å². The van der Waals surface area contributed by atoms with E-state index in [1.165, 1.54) is 0 Å². The molecular weight excluding hydrogens is 336 g/mol. The van der Waals surface area contributed by atoms with Gasteiger partial charge < -0.3 is 4.90 Å². The molecule has 6 nitrogen and oxygen atoms in total. The second-order valence-corrected chi connectivity index (χ2v) is 9.37. The molecule has 4 rings (SSSR count). The predicted molar refractivity (Wildman–Crippen MR) is 99.2 cm³/mol. The molecular formula is C18H24N4O2S. The van der Waals surface area contributed by atoms with Crippen molar-refractivity contribution in [1.82, 2.24) is 14.3 Å². The van der Waals surface area contributed by atoms with E-state index in [2.05, 4.69) is 9.88 Å². The fourth-order valence-electron chi connectivity index (χ4n) is 3.63. The van der Waals surface area contributed by atoms with E-state index < -0.39 is 10.0 Å². The SMILES string of the molecule is Cc1nc2ccccc2nc1N1CCC(N(C)S(=O)(=O)C2CC2)CC1. The summed E-state index contributed by atoms with van der Waals surface area (Å²) < 4.78 is 26.5. The standard InChI is InChI=1S/C18H24N4O2S/c1-13-18(20-17-6-4-3-5-16(17)19-13)22-11-9-14(10-12-22)21(2)25(23,24)15-7-8-15/h3-6,14-15H,7-12H2,1-2H3. The van der Waals surface area contributed by atoms with Crippen LogP contribution in [0.15, 0.2) is 24.3 Å².